The van der Waals surface area contributed by atoms with Crippen LogP contribution >= 0.6 is 0 Å². The van der Waals surface area contributed by atoms with Crippen LogP contribution < -0.4 is 11.2 Å². The maximum atomic E-state index is 12.1. The predicted molar refractivity (Wildman–Crippen MR) is 71.0 cm³/mol. The second-order valence-electron chi connectivity index (χ2n) is 4.77. The Bertz CT molecular complexity index is 847. The van der Waals surface area contributed by atoms with Gasteiger partial charge in [0.05, 0.1) is 18.1 Å². The molecule has 0 fully saturated rings. The number of aryl methyl sites for hydroxylation is 2. The van der Waals surface area contributed by atoms with E-state index in [1.165, 1.54) is 18.7 Å². The molecular formula is C13H13N3O4. The number of methoxy groups -OCH3 is 1. The highest BCUT2D eigenvalue weighted by atomic mass is 16.5. The molecule has 0 aliphatic heterocycles. The quantitative estimate of drug-likeness (QED) is 0.733. The van der Waals surface area contributed by atoms with E-state index in [0.717, 1.165) is 24.1 Å². The van der Waals surface area contributed by atoms with Crippen molar-refractivity contribution in [1.29, 1.82) is 0 Å². The molecule has 104 valence electrons. The largest absolute Gasteiger partial charge is 0.465 e. The molecule has 0 bridgehead atoms. The Morgan fingerprint density at radius 3 is 2.80 bits per heavy atom. The van der Waals surface area contributed by atoms with E-state index >= 15 is 0 Å². The maximum absolute atomic E-state index is 12.1. The van der Waals surface area contributed by atoms with Crippen LogP contribution in [0.1, 0.15) is 28.0 Å². The number of fused-ring (bicyclic) bond motifs is 2. The molecule has 0 saturated heterocycles. The molecule has 0 aromatic carbocycles. The number of pyridine rings is 1. The number of esters is 1. The summed E-state index contributed by atoms with van der Waals surface area (Å²) in [4.78, 5) is 42.4. The average Bonchev–Trinajstić information content (AvgIpc) is 2.89. The van der Waals surface area contributed by atoms with Gasteiger partial charge in [0.2, 0.25) is 0 Å². The number of carbonyl (C=O) groups excluding carboxylic acids is 1. The molecule has 2 aromatic heterocycles. The first-order chi connectivity index (χ1) is 9.54. The highest BCUT2D eigenvalue weighted by molar-refractivity contribution is 6.04. The van der Waals surface area contributed by atoms with Crippen LogP contribution in [0.3, 0.4) is 0 Å². The molecule has 0 unspecified atom stereocenters. The Hall–Kier alpha value is -2.44. The molecule has 2 aromatic rings. The van der Waals surface area contributed by atoms with E-state index in [9.17, 15) is 14.4 Å². The number of hydrogen-bond acceptors (Lipinski definition) is 5. The fourth-order valence-electron chi connectivity index (χ4n) is 2.69. The van der Waals surface area contributed by atoms with Crippen LogP contribution in [-0.4, -0.2) is 27.6 Å². The summed E-state index contributed by atoms with van der Waals surface area (Å²) >= 11 is 0. The lowest BCUT2D eigenvalue weighted by Crippen LogP contribution is -2.31. The Morgan fingerprint density at radius 1 is 1.35 bits per heavy atom. The van der Waals surface area contributed by atoms with Crippen molar-refractivity contribution in [3.05, 3.63) is 37.7 Å². The van der Waals surface area contributed by atoms with Crippen molar-refractivity contribution >= 4 is 17.0 Å². The van der Waals surface area contributed by atoms with Crippen molar-refractivity contribution in [2.24, 2.45) is 7.05 Å². The Labute approximate surface area is 113 Å². The van der Waals surface area contributed by atoms with Crippen molar-refractivity contribution in [1.82, 2.24) is 14.5 Å². The summed E-state index contributed by atoms with van der Waals surface area (Å²) in [7, 11) is 2.78. The lowest BCUT2D eigenvalue weighted by molar-refractivity contribution is 0.0601. The number of ether oxygens (including phenoxy) is 1. The summed E-state index contributed by atoms with van der Waals surface area (Å²) in [6.45, 7) is 0. The number of carbonyl (C=O) groups is 1. The topological polar surface area (TPSA) is 94.1 Å². The molecule has 7 heteroatoms. The zero-order chi connectivity index (χ0) is 14.4. The minimum Gasteiger partial charge on any atom is -0.465 e. The third-order valence-corrected chi connectivity index (χ3v) is 3.66. The van der Waals surface area contributed by atoms with Gasteiger partial charge in [-0.25, -0.2) is 14.6 Å². The number of hydrogen-bond donors (Lipinski definition) is 1. The van der Waals surface area contributed by atoms with Crippen LogP contribution in [0.25, 0.3) is 11.0 Å². The second kappa shape index (κ2) is 4.29. The van der Waals surface area contributed by atoms with Crippen LogP contribution in [0.15, 0.2) is 9.59 Å². The van der Waals surface area contributed by atoms with Gasteiger partial charge < -0.3 is 4.74 Å². The van der Waals surface area contributed by atoms with Gasteiger partial charge in [-0.3, -0.25) is 14.3 Å². The van der Waals surface area contributed by atoms with Gasteiger partial charge in [0, 0.05) is 12.7 Å². The predicted octanol–water partition coefficient (Wildman–Crippen LogP) is -0.103. The Morgan fingerprint density at radius 2 is 2.10 bits per heavy atom. The second-order valence-corrected chi connectivity index (χ2v) is 4.77. The molecule has 20 heavy (non-hydrogen) atoms. The minimum atomic E-state index is -0.606. The summed E-state index contributed by atoms with van der Waals surface area (Å²) < 4.78 is 6.03. The van der Waals surface area contributed by atoms with Gasteiger partial charge in [0.1, 0.15) is 5.65 Å². The third kappa shape index (κ3) is 1.59. The van der Waals surface area contributed by atoms with E-state index < -0.39 is 17.2 Å². The van der Waals surface area contributed by atoms with Crippen molar-refractivity contribution in [2.45, 2.75) is 19.3 Å². The molecule has 0 radical (unpaired) electrons. The zero-order valence-electron chi connectivity index (χ0n) is 11.1. The van der Waals surface area contributed by atoms with Crippen molar-refractivity contribution < 1.29 is 9.53 Å². The van der Waals surface area contributed by atoms with E-state index in [0.29, 0.717) is 6.42 Å². The van der Waals surface area contributed by atoms with Crippen molar-refractivity contribution in [3.63, 3.8) is 0 Å². The van der Waals surface area contributed by atoms with Crippen LogP contribution in [0.5, 0.6) is 0 Å². The number of H-pyrrole nitrogens is 1. The van der Waals surface area contributed by atoms with E-state index in [1.807, 2.05) is 0 Å². The van der Waals surface area contributed by atoms with Gasteiger partial charge in [-0.15, -0.1) is 0 Å². The van der Waals surface area contributed by atoms with Crippen LogP contribution in [0.2, 0.25) is 0 Å². The number of nitrogens with zero attached hydrogens (tertiary/aromatic N) is 2. The molecule has 3 rings (SSSR count). The van der Waals surface area contributed by atoms with E-state index in [2.05, 4.69) is 9.97 Å². The highest BCUT2D eigenvalue weighted by Gasteiger charge is 2.27. The molecule has 0 saturated carbocycles. The van der Waals surface area contributed by atoms with Gasteiger partial charge in [0.15, 0.2) is 0 Å². The molecule has 1 N–H and O–H groups in total. The van der Waals surface area contributed by atoms with Gasteiger partial charge in [-0.2, -0.15) is 0 Å². The SMILES string of the molecule is COC(=O)c1c2c(nc3c1c(=O)[nH]c(=O)n3C)CCC2. The summed E-state index contributed by atoms with van der Waals surface area (Å²) in [6.07, 6.45) is 2.29. The maximum Gasteiger partial charge on any atom is 0.339 e. The number of aromatic nitrogens is 3. The van der Waals surface area contributed by atoms with Crippen LogP contribution in [-0.2, 0) is 24.6 Å². The summed E-state index contributed by atoms with van der Waals surface area (Å²) in [6, 6.07) is 0. The third-order valence-electron chi connectivity index (χ3n) is 3.66. The molecule has 0 atom stereocenters. The van der Waals surface area contributed by atoms with Gasteiger partial charge in [-0.05, 0) is 24.8 Å². The number of nitrogens with one attached hydrogen (secondary N) is 1. The standard InChI is InChI=1S/C13H13N3O4/c1-16-10-9(11(17)15-13(16)19)8(12(18)20-2)6-4-3-5-7(6)14-10/h3-5H2,1-2H3,(H,15,17,19). The normalized spacial score (nSPS) is 13.5. The summed E-state index contributed by atoms with van der Waals surface area (Å²) in [5.74, 6) is -0.570. The van der Waals surface area contributed by atoms with Gasteiger partial charge in [-0.1, -0.05) is 0 Å². The summed E-state index contributed by atoms with van der Waals surface area (Å²) in [5, 5.41) is 0.125. The zero-order valence-corrected chi connectivity index (χ0v) is 11.1. The lowest BCUT2D eigenvalue weighted by Gasteiger charge is -2.11. The molecule has 0 spiro atoms. The van der Waals surface area contributed by atoms with E-state index in [1.54, 1.807) is 0 Å². The first-order valence-electron chi connectivity index (χ1n) is 6.27. The first kappa shape index (κ1) is 12.6. The average molecular weight is 275 g/mol. The number of rotatable bonds is 1. The van der Waals surface area contributed by atoms with Crippen molar-refractivity contribution in [3.8, 4) is 0 Å². The minimum absolute atomic E-state index is 0.125. The lowest BCUT2D eigenvalue weighted by atomic mass is 10.0. The molecule has 2 heterocycles. The van der Waals surface area contributed by atoms with Gasteiger partial charge in [0.25, 0.3) is 5.56 Å². The Balaban J connectivity index is 2.58. The first-order valence-corrected chi connectivity index (χ1v) is 6.27. The van der Waals surface area contributed by atoms with E-state index in [4.69, 9.17) is 4.74 Å². The fraction of sp³-hybridized carbons (Fsp3) is 0.385. The molecule has 0 amide bonds. The molecular weight excluding hydrogens is 262 g/mol. The van der Waals surface area contributed by atoms with Crippen LogP contribution in [0, 0.1) is 0 Å². The monoisotopic (exact) mass is 275 g/mol. The van der Waals surface area contributed by atoms with E-state index in [-0.39, 0.29) is 16.6 Å². The molecule has 1 aliphatic carbocycles. The number of aromatic amines is 1. The van der Waals surface area contributed by atoms with Crippen LogP contribution in [0.4, 0.5) is 0 Å². The summed E-state index contributed by atoms with van der Waals surface area (Å²) in [5.41, 5.74) is 0.822. The van der Waals surface area contributed by atoms with Crippen molar-refractivity contribution in [2.75, 3.05) is 7.11 Å². The Kier molecular flexibility index (Phi) is 2.70. The fourth-order valence-corrected chi connectivity index (χ4v) is 2.69. The molecule has 1 aliphatic rings. The smallest absolute Gasteiger partial charge is 0.339 e. The van der Waals surface area contributed by atoms with Gasteiger partial charge >= 0.3 is 11.7 Å². The molecule has 7 nitrogen and oxygen atoms in total. The highest BCUT2D eigenvalue weighted by Crippen LogP contribution is 2.28.